The van der Waals surface area contributed by atoms with E-state index in [9.17, 15) is 0 Å². The Morgan fingerprint density at radius 1 is 1.44 bits per heavy atom. The molecule has 102 valence electrons. The summed E-state index contributed by atoms with van der Waals surface area (Å²) in [5, 5.41) is 10.4. The van der Waals surface area contributed by atoms with E-state index in [0.717, 1.165) is 32.6 Å². The van der Waals surface area contributed by atoms with Crippen LogP contribution < -0.4 is 5.32 Å². The molecule has 0 amide bonds. The minimum atomic E-state index is -0.425. The third kappa shape index (κ3) is 3.80. The van der Waals surface area contributed by atoms with Crippen LogP contribution >= 0.6 is 0 Å². The molecule has 0 radical (unpaired) electrons. The summed E-state index contributed by atoms with van der Waals surface area (Å²) in [5.41, 5.74) is 2.47. The van der Waals surface area contributed by atoms with Gasteiger partial charge in [-0.2, -0.15) is 5.10 Å². The summed E-state index contributed by atoms with van der Waals surface area (Å²) < 4.78 is 11.2. The first-order valence-electron chi connectivity index (χ1n) is 6.57. The van der Waals surface area contributed by atoms with E-state index in [-0.39, 0.29) is 0 Å². The van der Waals surface area contributed by atoms with Crippen LogP contribution in [0.15, 0.2) is 6.20 Å². The Bertz CT molecular complexity index is 366. The smallest absolute Gasteiger partial charge is 0.162 e. The molecule has 5 nitrogen and oxygen atoms in total. The average Bonchev–Trinajstić information content (AvgIpc) is 2.72. The highest BCUT2D eigenvalue weighted by molar-refractivity contribution is 5.14. The standard InChI is InChI=1S/C13H23N3O2/c1-10-11(7-15-16-10)5-4-6-14-12-8-17-13(2,3)18-9-12/h7,12,14H,4-6,8-9H2,1-3H3,(H,15,16). The van der Waals surface area contributed by atoms with Gasteiger partial charge in [-0.1, -0.05) is 0 Å². The molecule has 1 aromatic rings. The predicted octanol–water partition coefficient (Wildman–Crippen LogP) is 1.39. The zero-order chi connectivity index (χ0) is 13.0. The maximum atomic E-state index is 5.60. The number of aromatic nitrogens is 2. The van der Waals surface area contributed by atoms with Crippen LogP contribution in [0.25, 0.3) is 0 Å². The molecule has 0 saturated carbocycles. The number of nitrogens with one attached hydrogen (secondary N) is 2. The largest absolute Gasteiger partial charge is 0.349 e. The molecule has 5 heteroatoms. The molecule has 0 spiro atoms. The van der Waals surface area contributed by atoms with Crippen molar-refractivity contribution >= 4 is 0 Å². The first-order valence-corrected chi connectivity index (χ1v) is 6.57. The van der Waals surface area contributed by atoms with Crippen molar-refractivity contribution in [3.05, 3.63) is 17.5 Å². The van der Waals surface area contributed by atoms with Crippen molar-refractivity contribution in [2.24, 2.45) is 0 Å². The van der Waals surface area contributed by atoms with Crippen LogP contribution in [0.4, 0.5) is 0 Å². The van der Waals surface area contributed by atoms with E-state index in [4.69, 9.17) is 9.47 Å². The van der Waals surface area contributed by atoms with E-state index in [1.165, 1.54) is 11.3 Å². The Morgan fingerprint density at radius 3 is 2.78 bits per heavy atom. The Labute approximate surface area is 108 Å². The van der Waals surface area contributed by atoms with Crippen molar-refractivity contribution in [1.82, 2.24) is 15.5 Å². The number of aromatic amines is 1. The summed E-state index contributed by atoms with van der Waals surface area (Å²) in [4.78, 5) is 0. The quantitative estimate of drug-likeness (QED) is 0.779. The van der Waals surface area contributed by atoms with Crippen LogP contribution in [0.1, 0.15) is 31.5 Å². The van der Waals surface area contributed by atoms with Gasteiger partial charge in [-0.15, -0.1) is 0 Å². The molecule has 0 aliphatic carbocycles. The van der Waals surface area contributed by atoms with Crippen molar-refractivity contribution < 1.29 is 9.47 Å². The molecule has 0 atom stereocenters. The molecule has 0 aromatic carbocycles. The van der Waals surface area contributed by atoms with Crippen LogP contribution in [-0.2, 0) is 15.9 Å². The topological polar surface area (TPSA) is 59.2 Å². The molecular weight excluding hydrogens is 230 g/mol. The second kappa shape index (κ2) is 5.82. The van der Waals surface area contributed by atoms with Crippen LogP contribution in [-0.4, -0.2) is 41.8 Å². The minimum Gasteiger partial charge on any atom is -0.349 e. The number of hydrogen-bond acceptors (Lipinski definition) is 4. The van der Waals surface area contributed by atoms with Crippen LogP contribution in [0.5, 0.6) is 0 Å². The monoisotopic (exact) mass is 253 g/mol. The Morgan fingerprint density at radius 2 is 2.17 bits per heavy atom. The van der Waals surface area contributed by atoms with Gasteiger partial charge in [0.25, 0.3) is 0 Å². The molecule has 1 fully saturated rings. The first kappa shape index (κ1) is 13.5. The molecule has 0 bridgehead atoms. The van der Waals surface area contributed by atoms with Gasteiger partial charge in [0.05, 0.1) is 25.5 Å². The molecule has 1 aliphatic rings. The summed E-state index contributed by atoms with van der Waals surface area (Å²) in [6.07, 6.45) is 4.06. The highest BCUT2D eigenvalue weighted by Gasteiger charge is 2.27. The Kier molecular flexibility index (Phi) is 4.37. The second-order valence-electron chi connectivity index (χ2n) is 5.30. The van der Waals surface area contributed by atoms with Gasteiger partial charge in [-0.05, 0) is 45.7 Å². The van der Waals surface area contributed by atoms with Gasteiger partial charge in [-0.3, -0.25) is 5.10 Å². The molecule has 2 rings (SSSR count). The molecule has 1 saturated heterocycles. The third-order valence-electron chi connectivity index (χ3n) is 3.25. The number of hydrogen-bond donors (Lipinski definition) is 2. The fourth-order valence-corrected chi connectivity index (χ4v) is 2.02. The van der Waals surface area contributed by atoms with Crippen molar-refractivity contribution in [1.29, 1.82) is 0 Å². The van der Waals surface area contributed by atoms with Crippen LogP contribution in [0, 0.1) is 6.92 Å². The lowest BCUT2D eigenvalue weighted by molar-refractivity contribution is -0.252. The number of H-pyrrole nitrogens is 1. The second-order valence-corrected chi connectivity index (χ2v) is 5.30. The van der Waals surface area contributed by atoms with Crippen molar-refractivity contribution in [2.75, 3.05) is 19.8 Å². The lowest BCUT2D eigenvalue weighted by Crippen LogP contribution is -2.48. The number of aryl methyl sites for hydroxylation is 2. The summed E-state index contributed by atoms with van der Waals surface area (Å²) in [7, 11) is 0. The van der Waals surface area contributed by atoms with Gasteiger partial charge < -0.3 is 14.8 Å². The maximum Gasteiger partial charge on any atom is 0.162 e. The first-order chi connectivity index (χ1) is 8.57. The lowest BCUT2D eigenvalue weighted by Gasteiger charge is -2.35. The zero-order valence-corrected chi connectivity index (χ0v) is 11.5. The number of ether oxygens (including phenoxy) is 2. The molecule has 1 aromatic heterocycles. The molecule has 1 aliphatic heterocycles. The summed E-state index contributed by atoms with van der Waals surface area (Å²) >= 11 is 0. The minimum absolute atomic E-state index is 0.309. The SMILES string of the molecule is Cc1[nH]ncc1CCCNC1COC(C)(C)OC1. The van der Waals surface area contributed by atoms with Crippen molar-refractivity contribution in [2.45, 2.75) is 45.4 Å². The van der Waals surface area contributed by atoms with E-state index in [0.29, 0.717) is 6.04 Å². The van der Waals surface area contributed by atoms with Crippen LogP contribution in [0.2, 0.25) is 0 Å². The summed E-state index contributed by atoms with van der Waals surface area (Å²) in [5.74, 6) is -0.425. The van der Waals surface area contributed by atoms with E-state index >= 15 is 0 Å². The Balaban J connectivity index is 1.61. The zero-order valence-electron chi connectivity index (χ0n) is 11.5. The van der Waals surface area contributed by atoms with Crippen molar-refractivity contribution in [3.8, 4) is 0 Å². The third-order valence-corrected chi connectivity index (χ3v) is 3.25. The highest BCUT2D eigenvalue weighted by Crippen LogP contribution is 2.16. The van der Waals surface area contributed by atoms with Gasteiger partial charge in [-0.25, -0.2) is 0 Å². The van der Waals surface area contributed by atoms with Crippen molar-refractivity contribution in [3.63, 3.8) is 0 Å². The average molecular weight is 253 g/mol. The van der Waals surface area contributed by atoms with E-state index < -0.39 is 5.79 Å². The van der Waals surface area contributed by atoms with E-state index in [2.05, 4.69) is 22.4 Å². The van der Waals surface area contributed by atoms with Gasteiger partial charge in [0.1, 0.15) is 0 Å². The predicted molar refractivity (Wildman–Crippen MR) is 69.4 cm³/mol. The van der Waals surface area contributed by atoms with Gasteiger partial charge in [0.2, 0.25) is 0 Å². The van der Waals surface area contributed by atoms with Gasteiger partial charge >= 0.3 is 0 Å². The maximum absolute atomic E-state index is 5.60. The molecular formula is C13H23N3O2. The van der Waals surface area contributed by atoms with Gasteiger partial charge in [0, 0.05) is 5.69 Å². The molecule has 0 unspecified atom stereocenters. The van der Waals surface area contributed by atoms with Gasteiger partial charge in [0.15, 0.2) is 5.79 Å². The van der Waals surface area contributed by atoms with E-state index in [1.807, 2.05) is 20.0 Å². The molecule has 18 heavy (non-hydrogen) atoms. The fourth-order valence-electron chi connectivity index (χ4n) is 2.02. The van der Waals surface area contributed by atoms with Crippen LogP contribution in [0.3, 0.4) is 0 Å². The summed E-state index contributed by atoms with van der Waals surface area (Å²) in [6.45, 7) is 8.37. The fraction of sp³-hybridized carbons (Fsp3) is 0.769. The normalized spacial score (nSPS) is 20.2. The number of rotatable bonds is 5. The number of nitrogens with zero attached hydrogens (tertiary/aromatic N) is 1. The summed E-state index contributed by atoms with van der Waals surface area (Å²) in [6, 6.07) is 0.309. The highest BCUT2D eigenvalue weighted by atomic mass is 16.7. The Hall–Kier alpha value is -0.910. The molecule has 2 heterocycles. The lowest BCUT2D eigenvalue weighted by atomic mass is 10.1. The van der Waals surface area contributed by atoms with E-state index in [1.54, 1.807) is 0 Å². The molecule has 2 N–H and O–H groups in total.